The molecule has 3 atom stereocenters. The van der Waals surface area contributed by atoms with Gasteiger partial charge in [-0.05, 0) is 77.2 Å². The topological polar surface area (TPSA) is 49.4 Å². The van der Waals surface area contributed by atoms with Crippen molar-refractivity contribution in [2.45, 2.75) is 58.4 Å². The minimum atomic E-state index is -3.01. The van der Waals surface area contributed by atoms with Crippen molar-refractivity contribution in [3.05, 3.63) is 0 Å². The van der Waals surface area contributed by atoms with Crippen LogP contribution in [0.5, 0.6) is 0 Å². The van der Waals surface area contributed by atoms with Gasteiger partial charge in [0.15, 0.2) is 0 Å². The first-order valence-electron chi connectivity index (χ1n) is 8.35. The second-order valence-corrected chi connectivity index (χ2v) is 10.1. The van der Waals surface area contributed by atoms with Gasteiger partial charge in [0.2, 0.25) is 10.0 Å². The number of rotatable bonds is 5. The number of sulfonamides is 1. The van der Waals surface area contributed by atoms with Crippen molar-refractivity contribution in [1.29, 1.82) is 0 Å². The van der Waals surface area contributed by atoms with E-state index in [1.54, 1.807) is 4.31 Å². The molecular formula is C16H32N2O2S. The van der Waals surface area contributed by atoms with Crippen LogP contribution < -0.4 is 5.32 Å². The summed E-state index contributed by atoms with van der Waals surface area (Å²) in [5, 5.41) is 3.62. The Morgan fingerprint density at radius 2 is 1.81 bits per heavy atom. The summed E-state index contributed by atoms with van der Waals surface area (Å²) in [5.41, 5.74) is 0.193. The molecule has 2 rings (SSSR count). The Hall–Kier alpha value is -0.130. The maximum Gasteiger partial charge on any atom is 0.211 e. The molecule has 1 aliphatic carbocycles. The van der Waals surface area contributed by atoms with Crippen LogP contribution in [0.1, 0.15) is 52.9 Å². The van der Waals surface area contributed by atoms with Crippen molar-refractivity contribution in [2.75, 3.05) is 25.9 Å². The van der Waals surface area contributed by atoms with Crippen molar-refractivity contribution in [2.24, 2.45) is 17.8 Å². The second-order valence-electron chi connectivity index (χ2n) is 8.09. The SMILES string of the molecule is CC(C)(C)NCC1CCC1CC1CCCN(S(C)(=O)=O)C1. The minimum absolute atomic E-state index is 0.193. The van der Waals surface area contributed by atoms with E-state index in [1.165, 1.54) is 31.9 Å². The number of hydrogen-bond acceptors (Lipinski definition) is 3. The first kappa shape index (κ1) is 17.2. The van der Waals surface area contributed by atoms with Gasteiger partial charge in [0.1, 0.15) is 0 Å². The average Bonchev–Trinajstić information content (AvgIpc) is 2.33. The summed E-state index contributed by atoms with van der Waals surface area (Å²) in [6.45, 7) is 9.21. The Morgan fingerprint density at radius 1 is 1.14 bits per heavy atom. The van der Waals surface area contributed by atoms with Crippen LogP contribution in [-0.4, -0.2) is 44.2 Å². The van der Waals surface area contributed by atoms with E-state index in [0.717, 1.165) is 37.9 Å². The van der Waals surface area contributed by atoms with Crippen molar-refractivity contribution >= 4 is 10.0 Å². The molecule has 1 heterocycles. The molecule has 0 bridgehead atoms. The van der Waals surface area contributed by atoms with Crippen LogP contribution in [-0.2, 0) is 10.0 Å². The quantitative estimate of drug-likeness (QED) is 0.847. The lowest BCUT2D eigenvalue weighted by Crippen LogP contribution is -2.45. The van der Waals surface area contributed by atoms with Crippen LogP contribution >= 0.6 is 0 Å². The number of nitrogens with one attached hydrogen (secondary N) is 1. The van der Waals surface area contributed by atoms with Gasteiger partial charge in [0.05, 0.1) is 6.26 Å². The molecular weight excluding hydrogens is 284 g/mol. The summed E-state index contributed by atoms with van der Waals surface area (Å²) < 4.78 is 25.1. The Kier molecular flexibility index (Phi) is 5.37. The first-order valence-corrected chi connectivity index (χ1v) is 10.2. The third-order valence-electron chi connectivity index (χ3n) is 5.06. The molecule has 2 aliphatic rings. The van der Waals surface area contributed by atoms with Gasteiger partial charge in [-0.2, -0.15) is 0 Å². The smallest absolute Gasteiger partial charge is 0.211 e. The zero-order chi connectivity index (χ0) is 15.7. The van der Waals surface area contributed by atoms with E-state index in [4.69, 9.17) is 0 Å². The molecule has 0 radical (unpaired) electrons. The fraction of sp³-hybridized carbons (Fsp3) is 1.00. The highest BCUT2D eigenvalue weighted by molar-refractivity contribution is 7.88. The summed E-state index contributed by atoms with van der Waals surface area (Å²) in [4.78, 5) is 0. The van der Waals surface area contributed by atoms with E-state index in [2.05, 4.69) is 26.1 Å². The van der Waals surface area contributed by atoms with E-state index in [-0.39, 0.29) is 5.54 Å². The van der Waals surface area contributed by atoms with E-state index in [1.807, 2.05) is 0 Å². The highest BCUT2D eigenvalue weighted by Crippen LogP contribution is 2.40. The van der Waals surface area contributed by atoms with Gasteiger partial charge in [0.25, 0.3) is 0 Å². The largest absolute Gasteiger partial charge is 0.312 e. The van der Waals surface area contributed by atoms with Crippen LogP contribution in [0.4, 0.5) is 0 Å². The Morgan fingerprint density at radius 3 is 2.33 bits per heavy atom. The maximum absolute atomic E-state index is 11.7. The molecule has 1 aliphatic heterocycles. The van der Waals surface area contributed by atoms with Gasteiger partial charge in [-0.25, -0.2) is 12.7 Å². The number of hydrogen-bond donors (Lipinski definition) is 1. The fourth-order valence-electron chi connectivity index (χ4n) is 3.60. The van der Waals surface area contributed by atoms with Gasteiger partial charge in [-0.15, -0.1) is 0 Å². The zero-order valence-electron chi connectivity index (χ0n) is 14.1. The highest BCUT2D eigenvalue weighted by atomic mass is 32.2. The van der Waals surface area contributed by atoms with Crippen LogP contribution in [0.25, 0.3) is 0 Å². The summed E-state index contributed by atoms with van der Waals surface area (Å²) in [6, 6.07) is 0. The number of nitrogens with zero attached hydrogens (tertiary/aromatic N) is 1. The monoisotopic (exact) mass is 316 g/mol. The molecule has 0 spiro atoms. The molecule has 1 saturated heterocycles. The van der Waals surface area contributed by atoms with Crippen LogP contribution in [0, 0.1) is 17.8 Å². The summed E-state index contributed by atoms with van der Waals surface area (Å²) >= 11 is 0. The standard InChI is InChI=1S/C16H32N2O2S/c1-16(2,3)17-11-15-8-7-14(15)10-13-6-5-9-18(12-13)21(4,19)20/h13-15,17H,5-12H2,1-4H3. The molecule has 0 aromatic heterocycles. The summed E-state index contributed by atoms with van der Waals surface area (Å²) in [7, 11) is -3.01. The lowest BCUT2D eigenvalue weighted by atomic mass is 9.68. The van der Waals surface area contributed by atoms with Gasteiger partial charge in [-0.3, -0.25) is 0 Å². The second kappa shape index (κ2) is 6.55. The normalized spacial score (nSPS) is 31.9. The predicted molar refractivity (Wildman–Crippen MR) is 87.7 cm³/mol. The van der Waals surface area contributed by atoms with E-state index in [0.29, 0.717) is 5.92 Å². The van der Waals surface area contributed by atoms with Crippen molar-refractivity contribution in [1.82, 2.24) is 9.62 Å². The highest BCUT2D eigenvalue weighted by Gasteiger charge is 2.35. The lowest BCUT2D eigenvalue weighted by Gasteiger charge is -2.42. The zero-order valence-corrected chi connectivity index (χ0v) is 14.9. The van der Waals surface area contributed by atoms with Gasteiger partial charge in [0, 0.05) is 18.6 Å². The van der Waals surface area contributed by atoms with Crippen molar-refractivity contribution in [3.8, 4) is 0 Å². The maximum atomic E-state index is 11.7. The lowest BCUT2D eigenvalue weighted by molar-refractivity contribution is 0.111. The van der Waals surface area contributed by atoms with Crippen molar-refractivity contribution in [3.63, 3.8) is 0 Å². The molecule has 21 heavy (non-hydrogen) atoms. The molecule has 4 nitrogen and oxygen atoms in total. The molecule has 124 valence electrons. The Balaban J connectivity index is 1.79. The van der Waals surface area contributed by atoms with Gasteiger partial charge in [-0.1, -0.05) is 0 Å². The average molecular weight is 317 g/mol. The predicted octanol–water partition coefficient (Wildman–Crippen LogP) is 2.46. The molecule has 3 unspecified atom stereocenters. The van der Waals surface area contributed by atoms with E-state index >= 15 is 0 Å². The first-order chi connectivity index (χ1) is 9.65. The summed E-state index contributed by atoms with van der Waals surface area (Å²) in [5.74, 6) is 2.15. The molecule has 2 fully saturated rings. The number of piperidine rings is 1. The third kappa shape index (κ3) is 5.22. The fourth-order valence-corrected chi connectivity index (χ4v) is 4.55. The molecule has 0 aromatic carbocycles. The molecule has 1 saturated carbocycles. The Bertz CT molecular complexity index is 442. The minimum Gasteiger partial charge on any atom is -0.312 e. The molecule has 0 amide bonds. The molecule has 5 heteroatoms. The van der Waals surface area contributed by atoms with Crippen molar-refractivity contribution < 1.29 is 8.42 Å². The summed E-state index contributed by atoms with van der Waals surface area (Å²) in [6.07, 6.45) is 7.43. The molecule has 1 N–H and O–H groups in total. The van der Waals surface area contributed by atoms with Gasteiger partial charge >= 0.3 is 0 Å². The van der Waals surface area contributed by atoms with Crippen LogP contribution in [0.3, 0.4) is 0 Å². The van der Waals surface area contributed by atoms with Gasteiger partial charge < -0.3 is 5.32 Å². The van der Waals surface area contributed by atoms with Crippen LogP contribution in [0.2, 0.25) is 0 Å². The van der Waals surface area contributed by atoms with E-state index in [9.17, 15) is 8.42 Å². The molecule has 0 aromatic rings. The van der Waals surface area contributed by atoms with Crippen LogP contribution in [0.15, 0.2) is 0 Å². The van der Waals surface area contributed by atoms with E-state index < -0.39 is 10.0 Å². The Labute approximate surface area is 130 Å². The third-order valence-corrected chi connectivity index (χ3v) is 6.33.